The molecule has 31 heavy (non-hydrogen) atoms. The smallest absolute Gasteiger partial charge is 0.270 e. The molecule has 1 heterocycles. The number of halogens is 1. The summed E-state index contributed by atoms with van der Waals surface area (Å²) in [5.74, 6) is -1.92. The first-order valence-electron chi connectivity index (χ1n) is 8.02. The fraction of sp³-hybridized carbons (Fsp3) is 0. The van der Waals surface area contributed by atoms with Crippen LogP contribution in [0.5, 0.6) is 0 Å². The number of carbonyl (C=O) groups excluding carboxylic acids is 2. The van der Waals surface area contributed by atoms with E-state index in [2.05, 4.69) is 5.32 Å². The zero-order chi connectivity index (χ0) is 23.1. The van der Waals surface area contributed by atoms with Crippen molar-refractivity contribution in [3.05, 3.63) is 58.6 Å². The highest BCUT2D eigenvalue weighted by Crippen LogP contribution is 2.26. The van der Waals surface area contributed by atoms with E-state index in [1.165, 1.54) is 24.3 Å². The summed E-state index contributed by atoms with van der Waals surface area (Å²) in [7, 11) is -10.3. The normalized spacial score (nSPS) is 16.5. The molecule has 1 N–H and O–H groups in total. The summed E-state index contributed by atoms with van der Waals surface area (Å²) in [4.78, 5) is 24.1. The first-order chi connectivity index (χ1) is 14.3. The zero-order valence-electron chi connectivity index (χ0n) is 14.9. The van der Waals surface area contributed by atoms with E-state index in [4.69, 9.17) is 23.8 Å². The van der Waals surface area contributed by atoms with Gasteiger partial charge in [0, 0.05) is 5.02 Å². The van der Waals surface area contributed by atoms with Crippen LogP contribution in [-0.4, -0.2) is 42.9 Å². The van der Waals surface area contributed by atoms with Crippen molar-refractivity contribution in [1.29, 1.82) is 0 Å². The van der Waals surface area contributed by atoms with Gasteiger partial charge in [0.2, 0.25) is 0 Å². The van der Waals surface area contributed by atoms with Gasteiger partial charge in [-0.1, -0.05) is 17.7 Å². The summed E-state index contributed by atoms with van der Waals surface area (Å²) < 4.78 is 68.3. The van der Waals surface area contributed by atoms with Crippen LogP contribution >= 0.6 is 23.8 Å². The molecule has 0 saturated carbocycles. The average molecular weight is 501 g/mol. The lowest BCUT2D eigenvalue weighted by molar-refractivity contribution is -0.122. The van der Waals surface area contributed by atoms with Crippen LogP contribution in [0.25, 0.3) is 6.08 Å². The summed E-state index contributed by atoms with van der Waals surface area (Å²) >= 11 is 10.8. The van der Waals surface area contributed by atoms with Gasteiger partial charge in [-0.3, -0.25) is 19.8 Å². The Morgan fingerprint density at radius 2 is 1.58 bits per heavy atom. The molecule has 1 saturated heterocycles. The van der Waals surface area contributed by atoms with Gasteiger partial charge in [-0.05, 0) is 60.3 Å². The van der Waals surface area contributed by atoms with E-state index in [-0.39, 0.29) is 10.8 Å². The number of nitrogens with one attached hydrogen (secondary N) is 1. The second kappa shape index (κ2) is 8.11. The molecule has 1 aliphatic heterocycles. The predicted octanol–water partition coefficient (Wildman–Crippen LogP) is 0.980. The van der Waals surface area contributed by atoms with Crippen molar-refractivity contribution >= 4 is 72.7 Å². The molecular formula is C17H9ClN2O8S3-2. The Labute approximate surface area is 186 Å². The van der Waals surface area contributed by atoms with Crippen molar-refractivity contribution in [2.75, 3.05) is 4.90 Å². The highest BCUT2D eigenvalue weighted by molar-refractivity contribution is 7.86. The molecule has 10 nitrogen and oxygen atoms in total. The lowest BCUT2D eigenvalue weighted by Crippen LogP contribution is -2.54. The van der Waals surface area contributed by atoms with E-state index in [9.17, 15) is 35.5 Å². The predicted molar refractivity (Wildman–Crippen MR) is 110 cm³/mol. The SMILES string of the molecule is O=C1NC(=S)N(c2ccc(Cl)cc2)C(=O)/C1=C/c1ccc(S(=O)(=O)[O-])cc1S(=O)(=O)[O-]. The average Bonchev–Trinajstić information content (AvgIpc) is 2.65. The monoisotopic (exact) mass is 500 g/mol. The van der Waals surface area contributed by atoms with Crippen molar-refractivity contribution in [3.8, 4) is 0 Å². The maximum absolute atomic E-state index is 12.9. The third-order valence-corrected chi connectivity index (χ3v) is 6.29. The Balaban J connectivity index is 2.16. The Morgan fingerprint density at radius 1 is 0.968 bits per heavy atom. The largest absolute Gasteiger partial charge is 0.744 e. The van der Waals surface area contributed by atoms with Crippen molar-refractivity contribution in [1.82, 2.24) is 5.32 Å². The van der Waals surface area contributed by atoms with Gasteiger partial charge >= 0.3 is 0 Å². The van der Waals surface area contributed by atoms with Crippen molar-refractivity contribution in [2.45, 2.75) is 9.79 Å². The van der Waals surface area contributed by atoms with Crippen LogP contribution in [0, 0.1) is 0 Å². The van der Waals surface area contributed by atoms with Gasteiger partial charge in [0.25, 0.3) is 11.8 Å². The topological polar surface area (TPSA) is 164 Å². The number of anilines is 1. The lowest BCUT2D eigenvalue weighted by Gasteiger charge is -2.29. The summed E-state index contributed by atoms with van der Waals surface area (Å²) in [6, 6.07) is 7.77. The summed E-state index contributed by atoms with van der Waals surface area (Å²) in [5, 5.41) is 2.38. The van der Waals surface area contributed by atoms with Gasteiger partial charge in [0.05, 0.1) is 15.5 Å². The summed E-state index contributed by atoms with van der Waals surface area (Å²) in [5.41, 5.74) is -0.814. The van der Waals surface area contributed by atoms with Gasteiger partial charge in [0.15, 0.2) is 5.11 Å². The first-order valence-corrected chi connectivity index (χ1v) is 11.6. The number of hydrogen-bond acceptors (Lipinski definition) is 9. The fourth-order valence-corrected chi connectivity index (χ4v) is 4.31. The van der Waals surface area contributed by atoms with Crippen LogP contribution in [-0.2, 0) is 29.8 Å². The number of rotatable bonds is 4. The van der Waals surface area contributed by atoms with Crippen molar-refractivity contribution < 1.29 is 35.5 Å². The maximum Gasteiger partial charge on any atom is 0.270 e. The molecule has 0 aromatic heterocycles. The van der Waals surface area contributed by atoms with Crippen LogP contribution in [0.2, 0.25) is 5.02 Å². The van der Waals surface area contributed by atoms with Crippen molar-refractivity contribution in [2.24, 2.45) is 0 Å². The summed E-state index contributed by atoms with van der Waals surface area (Å²) in [6.07, 6.45) is 0.786. The highest BCUT2D eigenvalue weighted by atomic mass is 35.5. The second-order valence-corrected chi connectivity index (χ2v) is 9.59. The minimum absolute atomic E-state index is 0.245. The number of thiocarbonyl (C=S) groups is 1. The van der Waals surface area contributed by atoms with E-state index < -0.39 is 53.0 Å². The van der Waals surface area contributed by atoms with E-state index in [1.54, 1.807) is 0 Å². The lowest BCUT2D eigenvalue weighted by atomic mass is 10.1. The van der Waals surface area contributed by atoms with Crippen LogP contribution in [0.15, 0.2) is 57.8 Å². The molecule has 2 amide bonds. The zero-order valence-corrected chi connectivity index (χ0v) is 18.1. The standard InChI is InChI=1S/C17H11ClN2O8S3/c18-10-2-4-11(5-3-10)20-16(22)13(15(21)19-17(20)29)7-9-1-6-12(30(23,24)25)8-14(9)31(26,27)28/h1-8H,(H,19,21,29)(H,23,24,25)(H,26,27,28)/p-2/b13-7+. The molecule has 0 unspecified atom stereocenters. The molecule has 2 aromatic rings. The Kier molecular flexibility index (Phi) is 6.01. The van der Waals surface area contributed by atoms with Crippen LogP contribution in [0.4, 0.5) is 5.69 Å². The van der Waals surface area contributed by atoms with E-state index in [1.807, 2.05) is 0 Å². The van der Waals surface area contributed by atoms with Gasteiger partial charge in [-0.15, -0.1) is 0 Å². The Morgan fingerprint density at radius 3 is 2.13 bits per heavy atom. The Hall–Kier alpha value is -2.68. The molecule has 14 heteroatoms. The van der Waals surface area contributed by atoms with Gasteiger partial charge < -0.3 is 9.11 Å². The molecule has 0 atom stereocenters. The molecular weight excluding hydrogens is 492 g/mol. The number of nitrogens with zero attached hydrogens (tertiary/aromatic N) is 1. The van der Waals surface area contributed by atoms with Gasteiger partial charge in [0.1, 0.15) is 25.8 Å². The number of benzene rings is 2. The van der Waals surface area contributed by atoms with E-state index in [0.717, 1.165) is 23.1 Å². The molecule has 162 valence electrons. The number of amides is 2. The fourth-order valence-electron chi connectivity index (χ4n) is 2.64. The minimum atomic E-state index is -5.28. The first kappa shape index (κ1) is 23.0. The van der Waals surface area contributed by atoms with E-state index >= 15 is 0 Å². The molecule has 0 spiro atoms. The van der Waals surface area contributed by atoms with Crippen LogP contribution in [0.3, 0.4) is 0 Å². The maximum atomic E-state index is 12.9. The molecule has 1 fully saturated rings. The molecule has 3 rings (SSSR count). The minimum Gasteiger partial charge on any atom is -0.744 e. The molecule has 0 radical (unpaired) electrons. The second-order valence-electron chi connectivity index (χ2n) is 6.04. The quantitative estimate of drug-likeness (QED) is 0.279. The third kappa shape index (κ3) is 4.81. The number of carbonyl (C=O) groups is 2. The molecule has 0 aliphatic carbocycles. The molecule has 2 aromatic carbocycles. The van der Waals surface area contributed by atoms with Crippen molar-refractivity contribution in [3.63, 3.8) is 0 Å². The van der Waals surface area contributed by atoms with Crippen LogP contribution in [0.1, 0.15) is 5.56 Å². The van der Waals surface area contributed by atoms with Crippen LogP contribution < -0.4 is 10.2 Å². The summed E-state index contributed by atoms with van der Waals surface area (Å²) in [6.45, 7) is 0. The molecule has 0 bridgehead atoms. The highest BCUT2D eigenvalue weighted by Gasteiger charge is 2.34. The third-order valence-electron chi connectivity index (χ3n) is 4.03. The van der Waals surface area contributed by atoms with E-state index in [0.29, 0.717) is 11.1 Å². The van der Waals surface area contributed by atoms with Gasteiger partial charge in [-0.25, -0.2) is 16.8 Å². The number of hydrogen-bond donors (Lipinski definition) is 1. The Bertz CT molecular complexity index is 1370. The molecule has 1 aliphatic rings. The van der Waals surface area contributed by atoms with Gasteiger partial charge in [-0.2, -0.15) is 0 Å².